The lowest BCUT2D eigenvalue weighted by Gasteiger charge is -2.21. The van der Waals surface area contributed by atoms with Crippen molar-refractivity contribution in [1.82, 2.24) is 20.2 Å². The number of likely N-dealkylation sites (tertiary alicyclic amines) is 1. The number of nitrogens with zero attached hydrogens (tertiary/aromatic N) is 4. The number of anilines is 2. The van der Waals surface area contributed by atoms with Crippen LogP contribution in [0.15, 0.2) is 55.0 Å². The van der Waals surface area contributed by atoms with Gasteiger partial charge in [-0.25, -0.2) is 4.98 Å². The molecule has 1 saturated heterocycles. The quantitative estimate of drug-likeness (QED) is 0.611. The van der Waals surface area contributed by atoms with Gasteiger partial charge in [0.2, 0.25) is 0 Å². The van der Waals surface area contributed by atoms with Crippen LogP contribution in [0, 0.1) is 17.4 Å². The first-order valence-corrected chi connectivity index (χ1v) is 10.6. The number of pyridine rings is 1. The van der Waals surface area contributed by atoms with Crippen LogP contribution >= 0.6 is 11.3 Å². The predicted molar refractivity (Wildman–Crippen MR) is 117 cm³/mol. The minimum Gasteiger partial charge on any atom is -0.354 e. The first-order chi connectivity index (χ1) is 14.6. The minimum absolute atomic E-state index is 0.0322. The highest BCUT2D eigenvalue weighted by Crippen LogP contribution is 2.33. The van der Waals surface area contributed by atoms with Crippen molar-refractivity contribution in [1.29, 1.82) is 5.26 Å². The molecule has 8 heteroatoms. The summed E-state index contributed by atoms with van der Waals surface area (Å²) in [5, 5.41) is 16.1. The molecule has 1 aliphatic rings. The molecular weight excluding hydrogens is 396 g/mol. The Morgan fingerprint density at radius 3 is 2.77 bits per heavy atom. The van der Waals surface area contributed by atoms with E-state index in [4.69, 9.17) is 0 Å². The van der Waals surface area contributed by atoms with Crippen molar-refractivity contribution in [3.63, 3.8) is 0 Å². The fourth-order valence-electron chi connectivity index (χ4n) is 3.76. The Labute approximate surface area is 179 Å². The summed E-state index contributed by atoms with van der Waals surface area (Å²) < 4.78 is 0. The second-order valence-electron chi connectivity index (χ2n) is 7.41. The lowest BCUT2D eigenvalue weighted by molar-refractivity contribution is 0.0923. The first kappa shape index (κ1) is 19.9. The number of aromatic nitrogens is 2. The third-order valence-electron chi connectivity index (χ3n) is 5.37. The largest absolute Gasteiger partial charge is 0.354 e. The Morgan fingerprint density at radius 2 is 2.03 bits per heavy atom. The number of thiazole rings is 1. The summed E-state index contributed by atoms with van der Waals surface area (Å²) in [5.41, 5.74) is 2.74. The molecule has 1 fully saturated rings. The molecule has 2 aromatic heterocycles. The van der Waals surface area contributed by atoms with Gasteiger partial charge < -0.3 is 15.5 Å². The Morgan fingerprint density at radius 1 is 1.23 bits per heavy atom. The van der Waals surface area contributed by atoms with Crippen molar-refractivity contribution < 1.29 is 4.79 Å². The fourth-order valence-corrected chi connectivity index (χ4v) is 4.62. The van der Waals surface area contributed by atoms with Crippen molar-refractivity contribution in [2.75, 3.05) is 11.9 Å². The van der Waals surface area contributed by atoms with Gasteiger partial charge in [-0.15, -0.1) is 11.3 Å². The van der Waals surface area contributed by atoms with Crippen LogP contribution in [0.5, 0.6) is 0 Å². The molecule has 3 aromatic rings. The number of nitriles is 1. The highest BCUT2D eigenvalue weighted by Gasteiger charge is 2.37. The average Bonchev–Trinajstić information content (AvgIpc) is 3.35. The Balaban J connectivity index is 1.52. The van der Waals surface area contributed by atoms with Gasteiger partial charge in [0.15, 0.2) is 11.2 Å². The monoisotopic (exact) mass is 418 g/mol. The van der Waals surface area contributed by atoms with Crippen LogP contribution in [0.1, 0.15) is 23.6 Å². The topological polar surface area (TPSA) is 93.9 Å². The van der Waals surface area contributed by atoms with Gasteiger partial charge in [-0.05, 0) is 31.0 Å². The first-order valence-electron chi connectivity index (χ1n) is 9.76. The standard InChI is InChI=1S/C22H22N6OS/c1-14-12-28(13-23)15(2)20(14)27-21(29)22-25-11-19(30-22)17-8-9-24-10-18(17)26-16-6-4-3-5-7-16/h3-11,14-15,20,26H,12H2,1-2H3,(H,27,29)/t14?,15?,20-/m1/s1. The molecule has 0 bridgehead atoms. The van der Waals surface area contributed by atoms with Crippen LogP contribution in [0.4, 0.5) is 11.4 Å². The number of para-hydroxylation sites is 1. The molecule has 0 saturated carbocycles. The second kappa shape index (κ2) is 8.51. The SMILES string of the molecule is CC1CN(C#N)C(C)[C@@H]1NC(=O)c1ncc(-c2ccncc2Nc2ccccc2)s1. The number of amides is 1. The molecule has 7 nitrogen and oxygen atoms in total. The maximum atomic E-state index is 12.8. The molecule has 0 aliphatic carbocycles. The molecule has 2 unspecified atom stereocenters. The van der Waals surface area contributed by atoms with Crippen molar-refractivity contribution in [3.8, 4) is 16.6 Å². The van der Waals surface area contributed by atoms with Crippen molar-refractivity contribution in [2.24, 2.45) is 5.92 Å². The number of rotatable bonds is 5. The Hall–Kier alpha value is -3.44. The number of nitrogens with one attached hydrogen (secondary N) is 2. The zero-order valence-corrected chi connectivity index (χ0v) is 17.6. The van der Waals surface area contributed by atoms with Gasteiger partial charge in [0.05, 0.1) is 28.8 Å². The van der Waals surface area contributed by atoms with E-state index in [9.17, 15) is 10.1 Å². The molecule has 1 aromatic carbocycles. The molecule has 30 heavy (non-hydrogen) atoms. The van der Waals surface area contributed by atoms with Crippen LogP contribution in [0.3, 0.4) is 0 Å². The van der Waals surface area contributed by atoms with Crippen LogP contribution < -0.4 is 10.6 Å². The van der Waals surface area contributed by atoms with E-state index in [1.807, 2.05) is 50.2 Å². The van der Waals surface area contributed by atoms with Crippen molar-refractivity contribution in [3.05, 3.63) is 60.0 Å². The normalized spacial score (nSPS) is 20.6. The van der Waals surface area contributed by atoms with E-state index in [0.29, 0.717) is 11.6 Å². The van der Waals surface area contributed by atoms with Crippen molar-refractivity contribution in [2.45, 2.75) is 25.9 Å². The van der Waals surface area contributed by atoms with E-state index < -0.39 is 0 Å². The molecule has 1 aliphatic heterocycles. The van der Waals surface area contributed by atoms with Gasteiger partial charge in [0.1, 0.15) is 0 Å². The molecule has 4 rings (SSSR count). The highest BCUT2D eigenvalue weighted by molar-refractivity contribution is 7.17. The van der Waals surface area contributed by atoms with Crippen LogP contribution in [-0.4, -0.2) is 39.4 Å². The van der Waals surface area contributed by atoms with Gasteiger partial charge in [0.25, 0.3) is 5.91 Å². The average molecular weight is 419 g/mol. The molecule has 1 amide bonds. The number of carbonyl (C=O) groups is 1. The van der Waals surface area contributed by atoms with E-state index in [-0.39, 0.29) is 23.9 Å². The lowest BCUT2D eigenvalue weighted by atomic mass is 10.0. The summed E-state index contributed by atoms with van der Waals surface area (Å²) in [5.74, 6) is -0.00808. The van der Waals surface area contributed by atoms with Crippen molar-refractivity contribution >= 4 is 28.6 Å². The Kier molecular flexibility index (Phi) is 5.63. The zero-order valence-electron chi connectivity index (χ0n) is 16.7. The zero-order chi connectivity index (χ0) is 21.1. The maximum absolute atomic E-state index is 12.8. The molecule has 2 N–H and O–H groups in total. The smallest absolute Gasteiger partial charge is 0.280 e. The second-order valence-corrected chi connectivity index (χ2v) is 8.44. The van der Waals surface area contributed by atoms with Gasteiger partial charge >= 0.3 is 0 Å². The van der Waals surface area contributed by atoms with Crippen LogP contribution in [-0.2, 0) is 0 Å². The summed E-state index contributed by atoms with van der Waals surface area (Å²) in [6.07, 6.45) is 7.40. The third kappa shape index (κ3) is 3.98. The summed E-state index contributed by atoms with van der Waals surface area (Å²) in [7, 11) is 0. The highest BCUT2D eigenvalue weighted by atomic mass is 32.1. The summed E-state index contributed by atoms with van der Waals surface area (Å²) in [4.78, 5) is 24.0. The molecular formula is C22H22N6OS. The maximum Gasteiger partial charge on any atom is 0.280 e. The number of carbonyl (C=O) groups excluding carboxylic acids is 1. The molecule has 0 spiro atoms. The number of hydrogen-bond acceptors (Lipinski definition) is 7. The predicted octanol–water partition coefficient (Wildman–Crippen LogP) is 3.87. The van der Waals surface area contributed by atoms with Gasteiger partial charge in [-0.3, -0.25) is 9.78 Å². The Bertz CT molecular complexity index is 1080. The minimum atomic E-state index is -0.207. The number of hydrogen-bond donors (Lipinski definition) is 2. The molecule has 3 heterocycles. The summed E-state index contributed by atoms with van der Waals surface area (Å²) in [6.45, 7) is 4.66. The van der Waals surface area contributed by atoms with E-state index in [1.165, 1.54) is 11.3 Å². The lowest BCUT2D eigenvalue weighted by Crippen LogP contribution is -2.44. The van der Waals surface area contributed by atoms with E-state index in [2.05, 4.69) is 26.8 Å². The van der Waals surface area contributed by atoms with Gasteiger partial charge in [-0.1, -0.05) is 25.1 Å². The van der Waals surface area contributed by atoms with Gasteiger partial charge in [0, 0.05) is 30.2 Å². The van der Waals surface area contributed by atoms with Gasteiger partial charge in [-0.2, -0.15) is 5.26 Å². The molecule has 0 radical (unpaired) electrons. The number of benzene rings is 1. The third-order valence-corrected chi connectivity index (χ3v) is 6.40. The van der Waals surface area contributed by atoms with Crippen LogP contribution in [0.25, 0.3) is 10.4 Å². The van der Waals surface area contributed by atoms with E-state index >= 15 is 0 Å². The molecule has 152 valence electrons. The van der Waals surface area contributed by atoms with E-state index in [0.717, 1.165) is 21.8 Å². The van der Waals surface area contributed by atoms with Crippen LogP contribution in [0.2, 0.25) is 0 Å². The van der Waals surface area contributed by atoms with E-state index in [1.54, 1.807) is 23.5 Å². The summed E-state index contributed by atoms with van der Waals surface area (Å²) in [6, 6.07) is 11.7. The summed E-state index contributed by atoms with van der Waals surface area (Å²) >= 11 is 1.34. The fraction of sp³-hybridized carbons (Fsp3) is 0.273. The molecule has 3 atom stereocenters.